The number of halogens is 1. The van der Waals surface area contributed by atoms with E-state index in [0.717, 1.165) is 85.3 Å². The Labute approximate surface area is 243 Å². The molecule has 3 aliphatic rings. The van der Waals surface area contributed by atoms with Gasteiger partial charge in [-0.1, -0.05) is 24.3 Å². The van der Waals surface area contributed by atoms with Gasteiger partial charge in [0.2, 0.25) is 0 Å². The molecule has 3 aliphatic heterocycles. The van der Waals surface area contributed by atoms with Crippen LogP contribution < -0.4 is 9.47 Å². The predicted molar refractivity (Wildman–Crippen MR) is 159 cm³/mol. The number of amides is 1. The fraction of sp³-hybridized carbons (Fsp3) is 0.500. The summed E-state index contributed by atoms with van der Waals surface area (Å²) in [6, 6.07) is 16.6. The maximum absolute atomic E-state index is 12.6. The smallest absolute Gasteiger partial charge is 0.251 e. The molecular weight excluding hydrogens is 526 g/mol. The zero-order chi connectivity index (χ0) is 26.4. The molecule has 3 aromatic rings. The van der Waals surface area contributed by atoms with E-state index in [-0.39, 0.29) is 30.5 Å². The summed E-state index contributed by atoms with van der Waals surface area (Å²) in [7, 11) is 0. The molecule has 3 saturated heterocycles. The normalized spacial score (nSPS) is 20.0. The number of piperidine rings is 1. The van der Waals surface area contributed by atoms with Gasteiger partial charge in [0, 0.05) is 56.2 Å². The summed E-state index contributed by atoms with van der Waals surface area (Å²) in [6.45, 7) is 6.34. The molecule has 1 aromatic heterocycles. The zero-order valence-corrected chi connectivity index (χ0v) is 23.9. The highest BCUT2D eigenvalue weighted by Crippen LogP contribution is 2.37. The Balaban J connectivity index is 0.00000323. The van der Waals surface area contributed by atoms with Gasteiger partial charge in [-0.05, 0) is 75.0 Å². The number of carbonyl (C=O) groups excluding carboxylic acids is 1. The van der Waals surface area contributed by atoms with Crippen LogP contribution in [0, 0.1) is 0 Å². The number of nitrogens with zero attached hydrogens (tertiary/aromatic N) is 3. The first-order valence-electron chi connectivity index (χ1n) is 14.6. The molecule has 8 heteroatoms. The van der Waals surface area contributed by atoms with Gasteiger partial charge in [-0.3, -0.25) is 9.78 Å². The third-order valence-corrected chi connectivity index (χ3v) is 8.22. The maximum Gasteiger partial charge on any atom is 0.251 e. The Morgan fingerprint density at radius 1 is 0.950 bits per heavy atom. The Hall–Kier alpha value is -2.87. The van der Waals surface area contributed by atoms with E-state index >= 15 is 0 Å². The van der Waals surface area contributed by atoms with Gasteiger partial charge in [0.25, 0.3) is 5.91 Å². The quantitative estimate of drug-likeness (QED) is 0.308. The number of hydrogen-bond acceptors (Lipinski definition) is 6. The highest BCUT2D eigenvalue weighted by atomic mass is 35.5. The van der Waals surface area contributed by atoms with Gasteiger partial charge in [0.05, 0.1) is 6.61 Å². The van der Waals surface area contributed by atoms with Gasteiger partial charge in [-0.15, -0.1) is 12.4 Å². The number of rotatable bonds is 9. The molecule has 40 heavy (non-hydrogen) atoms. The first-order chi connectivity index (χ1) is 19.2. The van der Waals surface area contributed by atoms with Crippen LogP contribution in [-0.4, -0.2) is 78.8 Å². The van der Waals surface area contributed by atoms with Crippen molar-refractivity contribution in [1.29, 1.82) is 0 Å². The van der Waals surface area contributed by atoms with Crippen molar-refractivity contribution in [2.24, 2.45) is 0 Å². The van der Waals surface area contributed by atoms with Gasteiger partial charge in [0.1, 0.15) is 23.5 Å². The second kappa shape index (κ2) is 13.7. The van der Waals surface area contributed by atoms with Crippen molar-refractivity contribution in [2.75, 3.05) is 45.9 Å². The number of hydrogen-bond donors (Lipinski definition) is 0. The number of likely N-dealkylation sites (tertiary alicyclic amines) is 2. The zero-order valence-electron chi connectivity index (χ0n) is 23.1. The first-order valence-corrected chi connectivity index (χ1v) is 14.6. The molecule has 4 heterocycles. The van der Waals surface area contributed by atoms with Crippen LogP contribution in [-0.2, 0) is 9.53 Å². The standard InChI is InChI=1S/C32H39N3O4.ClH/c36-32(29-7-4-22-37-29)35-20-14-27(15-21-35)39-26-11-8-24(9-12-26)28-13-10-25-6-3-16-33-30(25)31(28)38-23-5-19-34-17-1-2-18-34;/h3,6,8-13,16,27,29H,1-2,4-5,7,14-15,17-23H2;1H/t29-;/m1./s1. The van der Waals surface area contributed by atoms with Crippen LogP contribution in [0.4, 0.5) is 0 Å². The van der Waals surface area contributed by atoms with Crippen LogP contribution in [0.2, 0.25) is 0 Å². The maximum atomic E-state index is 12.6. The number of ether oxygens (including phenoxy) is 3. The second-order valence-corrected chi connectivity index (χ2v) is 10.9. The lowest BCUT2D eigenvalue weighted by Gasteiger charge is -2.33. The molecule has 214 valence electrons. The van der Waals surface area contributed by atoms with Crippen molar-refractivity contribution in [3.05, 3.63) is 54.7 Å². The molecule has 1 amide bonds. The molecular formula is C32H40ClN3O4. The van der Waals surface area contributed by atoms with E-state index in [0.29, 0.717) is 13.2 Å². The van der Waals surface area contributed by atoms with Crippen LogP contribution in [0.5, 0.6) is 11.5 Å². The summed E-state index contributed by atoms with van der Waals surface area (Å²) in [5.41, 5.74) is 3.04. The molecule has 0 unspecified atom stereocenters. The van der Waals surface area contributed by atoms with Gasteiger partial charge in [-0.25, -0.2) is 0 Å². The van der Waals surface area contributed by atoms with Crippen LogP contribution in [0.1, 0.15) is 44.9 Å². The van der Waals surface area contributed by atoms with E-state index in [1.54, 1.807) is 0 Å². The Kier molecular flexibility index (Phi) is 9.79. The number of benzene rings is 2. The number of aromatic nitrogens is 1. The van der Waals surface area contributed by atoms with Crippen molar-refractivity contribution < 1.29 is 19.0 Å². The minimum Gasteiger partial charge on any atom is -0.491 e. The van der Waals surface area contributed by atoms with Crippen molar-refractivity contribution in [2.45, 2.75) is 57.2 Å². The van der Waals surface area contributed by atoms with Gasteiger partial charge in [-0.2, -0.15) is 0 Å². The average Bonchev–Trinajstić information content (AvgIpc) is 3.71. The molecule has 3 fully saturated rings. The first kappa shape index (κ1) is 28.7. The molecule has 0 radical (unpaired) electrons. The Morgan fingerprint density at radius 2 is 1.75 bits per heavy atom. The van der Waals surface area contributed by atoms with Crippen molar-refractivity contribution in [3.8, 4) is 22.6 Å². The molecule has 1 atom stereocenters. The molecule has 7 nitrogen and oxygen atoms in total. The summed E-state index contributed by atoms with van der Waals surface area (Å²) in [6.07, 6.45) is 8.85. The summed E-state index contributed by atoms with van der Waals surface area (Å²) in [4.78, 5) is 21.8. The summed E-state index contributed by atoms with van der Waals surface area (Å²) in [5, 5.41) is 1.08. The van der Waals surface area contributed by atoms with E-state index in [1.807, 2.05) is 29.3 Å². The Morgan fingerprint density at radius 3 is 2.50 bits per heavy atom. The summed E-state index contributed by atoms with van der Waals surface area (Å²) >= 11 is 0. The number of fused-ring (bicyclic) bond motifs is 1. The molecule has 0 bridgehead atoms. The summed E-state index contributed by atoms with van der Waals surface area (Å²) < 4.78 is 18.3. The lowest BCUT2D eigenvalue weighted by atomic mass is 10.0. The lowest BCUT2D eigenvalue weighted by molar-refractivity contribution is -0.142. The SMILES string of the molecule is Cl.O=C([C@H]1CCCO1)N1CCC(Oc2ccc(-c3ccc4cccnc4c3OCCCN3CCCC3)cc2)CC1. The van der Waals surface area contributed by atoms with Crippen LogP contribution >= 0.6 is 12.4 Å². The van der Waals surface area contributed by atoms with Crippen molar-refractivity contribution in [1.82, 2.24) is 14.8 Å². The molecule has 0 saturated carbocycles. The third-order valence-electron chi connectivity index (χ3n) is 8.22. The molecule has 0 N–H and O–H groups in total. The molecule has 0 spiro atoms. The third kappa shape index (κ3) is 6.70. The fourth-order valence-electron chi connectivity index (χ4n) is 6.04. The summed E-state index contributed by atoms with van der Waals surface area (Å²) in [5.74, 6) is 1.86. The highest BCUT2D eigenvalue weighted by Gasteiger charge is 2.31. The molecule has 6 rings (SSSR count). The van der Waals surface area contributed by atoms with Crippen LogP contribution in [0.15, 0.2) is 54.7 Å². The minimum atomic E-state index is -0.237. The fourth-order valence-corrected chi connectivity index (χ4v) is 6.04. The predicted octanol–water partition coefficient (Wildman–Crippen LogP) is 5.74. The van der Waals surface area contributed by atoms with Crippen molar-refractivity contribution >= 4 is 29.2 Å². The molecule has 2 aromatic carbocycles. The Bertz CT molecular complexity index is 1250. The van der Waals surface area contributed by atoms with Crippen molar-refractivity contribution in [3.63, 3.8) is 0 Å². The van der Waals surface area contributed by atoms with Crippen LogP contribution in [0.3, 0.4) is 0 Å². The van der Waals surface area contributed by atoms with E-state index in [4.69, 9.17) is 14.2 Å². The van der Waals surface area contributed by atoms with Gasteiger partial charge in [0.15, 0.2) is 5.75 Å². The topological polar surface area (TPSA) is 64.1 Å². The van der Waals surface area contributed by atoms with Gasteiger partial charge < -0.3 is 24.0 Å². The number of carbonyl (C=O) groups is 1. The second-order valence-electron chi connectivity index (χ2n) is 10.9. The van der Waals surface area contributed by atoms with E-state index in [9.17, 15) is 4.79 Å². The largest absolute Gasteiger partial charge is 0.491 e. The molecule has 0 aliphatic carbocycles. The van der Waals surface area contributed by atoms with Crippen LogP contribution in [0.25, 0.3) is 22.0 Å². The van der Waals surface area contributed by atoms with Gasteiger partial charge >= 0.3 is 0 Å². The average molecular weight is 566 g/mol. The van der Waals surface area contributed by atoms with E-state index in [1.165, 1.54) is 25.9 Å². The lowest BCUT2D eigenvalue weighted by Crippen LogP contribution is -2.45. The minimum absolute atomic E-state index is 0. The number of pyridine rings is 1. The van der Waals surface area contributed by atoms with E-state index in [2.05, 4.69) is 40.2 Å². The highest BCUT2D eigenvalue weighted by molar-refractivity contribution is 5.92. The monoisotopic (exact) mass is 565 g/mol. The van der Waals surface area contributed by atoms with E-state index < -0.39 is 0 Å².